The Balaban J connectivity index is 1.80. The number of hydrogen-bond acceptors (Lipinski definition) is 6. The van der Waals surface area contributed by atoms with Crippen LogP contribution in [0.2, 0.25) is 0 Å². The molecule has 1 N–H and O–H groups in total. The maximum Gasteiger partial charge on any atom is 0.302 e. The molecule has 0 bridgehead atoms. The van der Waals surface area contributed by atoms with E-state index in [2.05, 4.69) is 25.0 Å². The van der Waals surface area contributed by atoms with Gasteiger partial charge in [0.1, 0.15) is 0 Å². The van der Waals surface area contributed by atoms with Gasteiger partial charge in [0.05, 0.1) is 36.0 Å². The Kier molecular flexibility index (Phi) is 3.84. The van der Waals surface area contributed by atoms with Crippen molar-refractivity contribution in [2.45, 2.75) is 6.54 Å². The predicted molar refractivity (Wildman–Crippen MR) is 81.0 cm³/mol. The number of pyridine rings is 1. The zero-order valence-electron chi connectivity index (χ0n) is 12.4. The average Bonchev–Trinajstić information content (AvgIpc) is 2.93. The summed E-state index contributed by atoms with van der Waals surface area (Å²) < 4.78 is 7.34. The first kappa shape index (κ1) is 14.2. The number of nitrogens with zero attached hydrogens (tertiary/aromatic N) is 5. The number of rotatable bonds is 5. The number of aromatic amines is 1. The Morgan fingerprint density at radius 3 is 3.05 bits per heavy atom. The fourth-order valence-electron chi connectivity index (χ4n) is 1.95. The summed E-state index contributed by atoms with van der Waals surface area (Å²) in [6.07, 6.45) is 6.42. The summed E-state index contributed by atoms with van der Waals surface area (Å²) in [5, 5.41) is 4.68. The van der Waals surface area contributed by atoms with E-state index in [1.807, 2.05) is 14.1 Å². The maximum atomic E-state index is 11.9. The summed E-state index contributed by atoms with van der Waals surface area (Å²) in [5.74, 6) is 0.519. The molecule has 0 aliphatic rings. The SMILES string of the molecule is CN(C)CCn1cc(Oc2nc3cnccc3c(=O)[nH]2)cn1. The highest BCUT2D eigenvalue weighted by molar-refractivity contribution is 5.76. The van der Waals surface area contributed by atoms with Gasteiger partial charge in [-0.05, 0) is 20.2 Å². The first-order valence-corrected chi connectivity index (χ1v) is 6.81. The van der Waals surface area contributed by atoms with Crippen molar-refractivity contribution in [3.8, 4) is 11.8 Å². The van der Waals surface area contributed by atoms with Crippen LogP contribution in [-0.4, -0.2) is 50.3 Å². The molecule has 0 atom stereocenters. The smallest absolute Gasteiger partial charge is 0.302 e. The maximum absolute atomic E-state index is 11.9. The Bertz CT molecular complexity index is 838. The fourth-order valence-corrected chi connectivity index (χ4v) is 1.95. The van der Waals surface area contributed by atoms with Gasteiger partial charge in [-0.25, -0.2) is 0 Å². The van der Waals surface area contributed by atoms with E-state index in [4.69, 9.17) is 4.74 Å². The second kappa shape index (κ2) is 5.94. The summed E-state index contributed by atoms with van der Waals surface area (Å²) in [7, 11) is 4.00. The zero-order chi connectivity index (χ0) is 15.5. The minimum Gasteiger partial charge on any atom is -0.422 e. The topological polar surface area (TPSA) is 88.9 Å². The molecule has 22 heavy (non-hydrogen) atoms. The predicted octanol–water partition coefficient (Wildman–Crippen LogP) is 0.868. The molecule has 0 aromatic carbocycles. The third-order valence-corrected chi connectivity index (χ3v) is 3.09. The molecule has 0 saturated heterocycles. The van der Waals surface area contributed by atoms with Gasteiger partial charge < -0.3 is 9.64 Å². The van der Waals surface area contributed by atoms with Gasteiger partial charge in [-0.2, -0.15) is 10.1 Å². The van der Waals surface area contributed by atoms with Gasteiger partial charge in [-0.1, -0.05) is 0 Å². The van der Waals surface area contributed by atoms with Crippen molar-refractivity contribution < 1.29 is 4.74 Å². The summed E-state index contributed by atoms with van der Waals surface area (Å²) in [6, 6.07) is 1.74. The molecule has 0 aliphatic heterocycles. The summed E-state index contributed by atoms with van der Waals surface area (Å²) in [5.41, 5.74) is 0.226. The van der Waals surface area contributed by atoms with Crippen LogP contribution < -0.4 is 10.3 Å². The molecule has 114 valence electrons. The minimum absolute atomic E-state index is 0.123. The van der Waals surface area contributed by atoms with E-state index < -0.39 is 0 Å². The van der Waals surface area contributed by atoms with Crippen molar-refractivity contribution in [1.82, 2.24) is 29.6 Å². The van der Waals surface area contributed by atoms with E-state index in [1.54, 1.807) is 29.3 Å². The van der Waals surface area contributed by atoms with Crippen molar-refractivity contribution in [3.05, 3.63) is 41.2 Å². The third-order valence-electron chi connectivity index (χ3n) is 3.09. The van der Waals surface area contributed by atoms with Crippen LogP contribution in [0.15, 0.2) is 35.6 Å². The molecule has 0 amide bonds. The van der Waals surface area contributed by atoms with Crippen LogP contribution >= 0.6 is 0 Å². The number of ether oxygens (including phenoxy) is 1. The Morgan fingerprint density at radius 2 is 2.23 bits per heavy atom. The lowest BCUT2D eigenvalue weighted by molar-refractivity contribution is 0.372. The van der Waals surface area contributed by atoms with E-state index >= 15 is 0 Å². The highest BCUT2D eigenvalue weighted by atomic mass is 16.5. The molecular weight excluding hydrogens is 284 g/mol. The number of aromatic nitrogens is 5. The molecule has 0 saturated carbocycles. The Labute approximate surface area is 126 Å². The molecule has 0 radical (unpaired) electrons. The number of fused-ring (bicyclic) bond motifs is 1. The van der Waals surface area contributed by atoms with Gasteiger partial charge >= 0.3 is 6.01 Å². The van der Waals surface area contributed by atoms with Crippen LogP contribution in [0.5, 0.6) is 11.8 Å². The Hall–Kier alpha value is -2.74. The molecule has 3 aromatic heterocycles. The van der Waals surface area contributed by atoms with E-state index in [0.29, 0.717) is 16.7 Å². The van der Waals surface area contributed by atoms with Crippen molar-refractivity contribution in [3.63, 3.8) is 0 Å². The molecule has 3 aromatic rings. The lowest BCUT2D eigenvalue weighted by Gasteiger charge is -2.08. The third kappa shape index (κ3) is 3.12. The van der Waals surface area contributed by atoms with Crippen LogP contribution in [0.1, 0.15) is 0 Å². The lowest BCUT2D eigenvalue weighted by atomic mass is 10.3. The van der Waals surface area contributed by atoms with E-state index in [9.17, 15) is 4.79 Å². The van der Waals surface area contributed by atoms with Crippen LogP contribution in [0.4, 0.5) is 0 Å². The number of H-pyrrole nitrogens is 1. The van der Waals surface area contributed by atoms with Crippen LogP contribution in [0.25, 0.3) is 10.9 Å². The molecule has 0 aliphatic carbocycles. The van der Waals surface area contributed by atoms with Crippen molar-refractivity contribution in [2.75, 3.05) is 20.6 Å². The highest BCUT2D eigenvalue weighted by Crippen LogP contribution is 2.17. The first-order valence-electron chi connectivity index (χ1n) is 6.81. The van der Waals surface area contributed by atoms with Gasteiger partial charge in [0.15, 0.2) is 5.75 Å². The Morgan fingerprint density at radius 1 is 1.36 bits per heavy atom. The largest absolute Gasteiger partial charge is 0.422 e. The van der Waals surface area contributed by atoms with Crippen molar-refractivity contribution >= 4 is 10.9 Å². The van der Waals surface area contributed by atoms with Gasteiger partial charge in [0, 0.05) is 12.7 Å². The standard InChI is InChI=1S/C14H16N6O2/c1-19(2)5-6-20-9-10(7-16-20)22-14-17-12-8-15-4-3-11(12)13(21)18-14/h3-4,7-9H,5-6H2,1-2H3,(H,17,18,21). The molecular formula is C14H16N6O2. The van der Waals surface area contributed by atoms with E-state index in [1.165, 1.54) is 6.20 Å². The van der Waals surface area contributed by atoms with E-state index in [0.717, 1.165) is 13.1 Å². The van der Waals surface area contributed by atoms with Crippen LogP contribution in [0, 0.1) is 0 Å². The van der Waals surface area contributed by atoms with Crippen LogP contribution in [0.3, 0.4) is 0 Å². The van der Waals surface area contributed by atoms with E-state index in [-0.39, 0.29) is 11.6 Å². The number of likely N-dealkylation sites (N-methyl/N-ethyl adjacent to an activating group) is 1. The number of hydrogen-bond donors (Lipinski definition) is 1. The minimum atomic E-state index is -0.262. The molecule has 0 fully saturated rings. The lowest BCUT2D eigenvalue weighted by Crippen LogP contribution is -2.18. The molecule has 0 spiro atoms. The normalized spacial score (nSPS) is 11.2. The van der Waals surface area contributed by atoms with Gasteiger partial charge in [-0.15, -0.1) is 0 Å². The quantitative estimate of drug-likeness (QED) is 0.752. The average molecular weight is 300 g/mol. The second-order valence-corrected chi connectivity index (χ2v) is 5.11. The van der Waals surface area contributed by atoms with Gasteiger partial charge in [0.25, 0.3) is 5.56 Å². The summed E-state index contributed by atoms with van der Waals surface area (Å²) >= 11 is 0. The monoisotopic (exact) mass is 300 g/mol. The zero-order valence-corrected chi connectivity index (χ0v) is 12.4. The second-order valence-electron chi connectivity index (χ2n) is 5.11. The molecule has 8 heteroatoms. The summed E-state index contributed by atoms with van der Waals surface area (Å²) in [4.78, 5) is 24.8. The molecule has 3 rings (SSSR count). The van der Waals surface area contributed by atoms with Crippen molar-refractivity contribution in [1.29, 1.82) is 0 Å². The number of nitrogens with one attached hydrogen (secondary N) is 1. The first-order chi connectivity index (χ1) is 10.6. The highest BCUT2D eigenvalue weighted by Gasteiger charge is 2.07. The van der Waals surface area contributed by atoms with Gasteiger partial charge in [0.2, 0.25) is 0 Å². The van der Waals surface area contributed by atoms with Gasteiger partial charge in [-0.3, -0.25) is 19.4 Å². The molecule has 3 heterocycles. The molecule has 0 unspecified atom stereocenters. The summed E-state index contributed by atoms with van der Waals surface area (Å²) in [6.45, 7) is 1.62. The molecule has 8 nitrogen and oxygen atoms in total. The fraction of sp³-hybridized carbons (Fsp3) is 0.286. The van der Waals surface area contributed by atoms with Crippen molar-refractivity contribution in [2.24, 2.45) is 0 Å². The van der Waals surface area contributed by atoms with Crippen LogP contribution in [-0.2, 0) is 6.54 Å².